The van der Waals surface area contributed by atoms with E-state index in [9.17, 15) is 8.42 Å². The number of nitrogens with two attached hydrogens (primary N) is 1. The number of benzene rings is 3. The van der Waals surface area contributed by atoms with Crippen LogP contribution < -0.4 is 20.6 Å². The third-order valence-electron chi connectivity index (χ3n) is 5.57. The van der Waals surface area contributed by atoms with Gasteiger partial charge in [-0.1, -0.05) is 48.5 Å². The molecule has 0 saturated carbocycles. The van der Waals surface area contributed by atoms with E-state index in [0.29, 0.717) is 17.7 Å². The van der Waals surface area contributed by atoms with Crippen molar-refractivity contribution in [2.75, 3.05) is 7.11 Å². The van der Waals surface area contributed by atoms with Gasteiger partial charge in [0.05, 0.1) is 22.7 Å². The molecule has 164 valence electrons. The first-order valence-electron chi connectivity index (χ1n) is 10.2. The monoisotopic (exact) mass is 447 g/mol. The van der Waals surface area contributed by atoms with Crippen LogP contribution in [0.2, 0.25) is 0 Å². The minimum Gasteiger partial charge on any atom is -0.496 e. The van der Waals surface area contributed by atoms with Gasteiger partial charge in [0.25, 0.3) is 0 Å². The lowest BCUT2D eigenvalue weighted by Crippen LogP contribution is -2.22. The molecule has 3 aromatic carbocycles. The zero-order valence-corrected chi connectivity index (χ0v) is 18.8. The van der Waals surface area contributed by atoms with Crippen LogP contribution in [0, 0.1) is 0 Å². The Morgan fingerprint density at radius 3 is 2.25 bits per heavy atom. The Morgan fingerprint density at radius 1 is 1.03 bits per heavy atom. The Hall–Kier alpha value is -3.29. The number of ether oxygens (including phenoxy) is 1. The largest absolute Gasteiger partial charge is 0.496 e. The van der Waals surface area contributed by atoms with Gasteiger partial charge >= 0.3 is 0 Å². The van der Waals surface area contributed by atoms with Crippen LogP contribution in [-0.4, -0.2) is 21.2 Å². The Kier molecular flexibility index (Phi) is 5.71. The molecule has 1 atom stereocenters. The van der Waals surface area contributed by atoms with E-state index in [2.05, 4.69) is 6.58 Å². The number of para-hydroxylation sites is 3. The third-order valence-corrected chi connectivity index (χ3v) is 6.55. The lowest BCUT2D eigenvalue weighted by atomic mass is 9.88. The number of hydrogen-bond donors (Lipinski definition) is 1. The fourth-order valence-corrected chi connectivity index (χ4v) is 4.99. The number of hydrogen-bond acceptors (Lipinski definition) is 5. The fourth-order valence-electron chi connectivity index (χ4n) is 4.22. The van der Waals surface area contributed by atoms with Crippen molar-refractivity contribution in [3.8, 4) is 5.75 Å². The highest BCUT2D eigenvalue weighted by Gasteiger charge is 2.28. The van der Waals surface area contributed by atoms with Crippen LogP contribution >= 0.6 is 0 Å². The summed E-state index contributed by atoms with van der Waals surface area (Å²) >= 11 is 0. The van der Waals surface area contributed by atoms with Gasteiger partial charge < -0.3 is 4.74 Å². The van der Waals surface area contributed by atoms with E-state index in [4.69, 9.17) is 19.9 Å². The first-order chi connectivity index (χ1) is 15.2. The number of primary sulfonamides is 1. The molecule has 0 radical (unpaired) electrons. The molecule has 0 amide bonds. The van der Waals surface area contributed by atoms with Crippen molar-refractivity contribution in [3.05, 3.63) is 107 Å². The minimum absolute atomic E-state index is 0.0609. The second-order valence-corrected chi connectivity index (χ2v) is 9.51. The highest BCUT2D eigenvalue weighted by Crippen LogP contribution is 2.36. The van der Waals surface area contributed by atoms with Gasteiger partial charge in [-0.15, -0.1) is 6.58 Å². The van der Waals surface area contributed by atoms with Crippen LogP contribution in [0.25, 0.3) is 0 Å². The number of rotatable bonds is 7. The summed E-state index contributed by atoms with van der Waals surface area (Å²) in [5.74, 6) is 0.216. The number of nitrogens with zero attached hydrogens (tertiary/aromatic N) is 2. The van der Waals surface area contributed by atoms with Gasteiger partial charge in [0.1, 0.15) is 5.75 Å². The number of allylic oxidation sites excluding steroid dienone is 1. The van der Waals surface area contributed by atoms with Gasteiger partial charge in [0.2, 0.25) is 10.0 Å². The Morgan fingerprint density at radius 2 is 1.66 bits per heavy atom. The lowest BCUT2D eigenvalue weighted by Gasteiger charge is -2.22. The van der Waals surface area contributed by atoms with Gasteiger partial charge in [0.15, 0.2) is 5.66 Å². The Labute approximate surface area is 187 Å². The van der Waals surface area contributed by atoms with Crippen LogP contribution in [0.5, 0.6) is 5.75 Å². The molecule has 1 aliphatic heterocycles. The van der Waals surface area contributed by atoms with Crippen molar-refractivity contribution in [2.24, 2.45) is 15.1 Å². The molecule has 1 heterocycles. The second-order valence-electron chi connectivity index (χ2n) is 7.98. The van der Waals surface area contributed by atoms with E-state index >= 15 is 0 Å². The molecule has 0 aromatic heterocycles. The highest BCUT2D eigenvalue weighted by atomic mass is 32.2. The molecule has 0 aliphatic carbocycles. The predicted octanol–water partition coefficient (Wildman–Crippen LogP) is 2.87. The summed E-state index contributed by atoms with van der Waals surface area (Å²) in [6.07, 6.45) is 2.21. The third kappa shape index (κ3) is 4.22. The number of methoxy groups -OCH3 is 1. The van der Waals surface area contributed by atoms with Crippen LogP contribution in [0.4, 0.5) is 0 Å². The number of fused-ring (bicyclic) bond motifs is 1. The molecule has 0 fully saturated rings. The molecule has 0 bridgehead atoms. The smallest absolute Gasteiger partial charge is 0.238 e. The Balaban J connectivity index is 1.82. The normalized spacial score (nSPS) is 15.2. The molecule has 2 N–H and O–H groups in total. The maximum atomic E-state index is 12.4. The minimum atomic E-state index is -3.95. The quantitative estimate of drug-likeness (QED) is 0.564. The summed E-state index contributed by atoms with van der Waals surface area (Å²) < 4.78 is 30.3. The molecule has 1 unspecified atom stereocenters. The van der Waals surface area contributed by atoms with Crippen molar-refractivity contribution in [3.63, 3.8) is 0 Å². The zero-order chi connectivity index (χ0) is 22.9. The first kappa shape index (κ1) is 21.9. The van der Waals surface area contributed by atoms with E-state index in [0.717, 1.165) is 21.8 Å². The van der Waals surface area contributed by atoms with E-state index in [-0.39, 0.29) is 4.90 Å². The molecule has 7 heteroatoms. The van der Waals surface area contributed by atoms with E-state index in [1.165, 1.54) is 0 Å². The molecule has 32 heavy (non-hydrogen) atoms. The average Bonchev–Trinajstić information content (AvgIpc) is 3.09. The molecule has 6 nitrogen and oxygen atoms in total. The molecular weight excluding hydrogens is 422 g/mol. The van der Waals surface area contributed by atoms with Gasteiger partial charge in [0, 0.05) is 17.9 Å². The van der Waals surface area contributed by atoms with E-state index in [1.807, 2.05) is 61.5 Å². The summed E-state index contributed by atoms with van der Waals surface area (Å²) in [5, 5.41) is 7.28. The van der Waals surface area contributed by atoms with Crippen molar-refractivity contribution >= 4 is 10.0 Å². The summed E-state index contributed by atoms with van der Waals surface area (Å²) in [7, 11) is -2.37. The van der Waals surface area contributed by atoms with Crippen molar-refractivity contribution in [1.29, 1.82) is 0 Å². The Bertz CT molecular complexity index is 1380. The van der Waals surface area contributed by atoms with Crippen LogP contribution in [0.1, 0.15) is 29.5 Å². The first-order valence-corrected chi connectivity index (χ1v) is 11.7. The maximum Gasteiger partial charge on any atom is 0.238 e. The van der Waals surface area contributed by atoms with Gasteiger partial charge in [-0.25, -0.2) is 13.6 Å². The van der Waals surface area contributed by atoms with Crippen molar-refractivity contribution in [2.45, 2.75) is 29.8 Å². The van der Waals surface area contributed by atoms with Crippen molar-refractivity contribution in [1.82, 2.24) is 0 Å². The predicted molar refractivity (Wildman–Crippen MR) is 124 cm³/mol. The van der Waals surface area contributed by atoms with Gasteiger partial charge in [-0.05, 0) is 42.3 Å². The standard InChI is InChI=1S/C25H25N3O3S/c1-4-18(19-9-5-8-12-23(19)31-3)20-15-17(13-14-24(20)32(26,29)30)16-25(2)27-21-10-6-7-11-22(21)28-25/h4-15,18H,1,16H2,2-3H3,(H2,26,29,30). The van der Waals surface area contributed by atoms with Crippen LogP contribution in [0.3, 0.4) is 0 Å². The lowest BCUT2D eigenvalue weighted by molar-refractivity contribution is 0.409. The molecule has 3 aromatic rings. The molecule has 1 aliphatic rings. The number of sulfonamides is 1. The second kappa shape index (κ2) is 8.33. The zero-order valence-electron chi connectivity index (χ0n) is 18.0. The van der Waals surface area contributed by atoms with Crippen LogP contribution in [0.15, 0.2) is 94.3 Å². The van der Waals surface area contributed by atoms with Crippen LogP contribution in [-0.2, 0) is 16.4 Å². The maximum absolute atomic E-state index is 12.4. The summed E-state index contributed by atoms with van der Waals surface area (Å²) in [4.78, 5) is 9.62. The summed E-state index contributed by atoms with van der Waals surface area (Å²) in [5.41, 5.74) is 1.58. The topological polar surface area (TPSA) is 94.1 Å². The van der Waals surface area contributed by atoms with Gasteiger partial charge in [-0.3, -0.25) is 9.98 Å². The van der Waals surface area contributed by atoms with Gasteiger partial charge in [-0.2, -0.15) is 0 Å². The average molecular weight is 448 g/mol. The van der Waals surface area contributed by atoms with E-state index < -0.39 is 21.6 Å². The van der Waals surface area contributed by atoms with E-state index in [1.54, 1.807) is 25.3 Å². The summed E-state index contributed by atoms with van der Waals surface area (Å²) in [6.45, 7) is 5.92. The molecule has 0 spiro atoms. The molecule has 0 saturated heterocycles. The summed E-state index contributed by atoms with van der Waals surface area (Å²) in [6, 6.07) is 20.4. The highest BCUT2D eigenvalue weighted by molar-refractivity contribution is 7.89. The fraction of sp³-hybridized carbons (Fsp3) is 0.200. The van der Waals surface area contributed by atoms with Crippen molar-refractivity contribution < 1.29 is 13.2 Å². The SMILES string of the molecule is C=CC(c1ccccc1OC)c1cc(CC2(C)N=c3ccccc3=N2)ccc1S(N)(=O)=O. The molecule has 4 rings (SSSR count). The molecular formula is C25H25N3O3S.